The van der Waals surface area contributed by atoms with Crippen molar-refractivity contribution in [2.75, 3.05) is 17.2 Å². The van der Waals surface area contributed by atoms with Gasteiger partial charge in [-0.15, -0.1) is 0 Å². The normalized spacial score (nSPS) is 10.4. The van der Waals surface area contributed by atoms with Crippen LogP contribution in [0.1, 0.15) is 22.8 Å². The minimum Gasteiger partial charge on any atom is -0.494 e. The molecule has 0 aromatic heterocycles. The summed E-state index contributed by atoms with van der Waals surface area (Å²) >= 11 is 5.95. The fourth-order valence-electron chi connectivity index (χ4n) is 2.78. The highest BCUT2D eigenvalue weighted by Gasteiger charge is 2.13. The van der Waals surface area contributed by atoms with Gasteiger partial charge in [0.05, 0.1) is 13.0 Å². The Balaban J connectivity index is 1.58. The van der Waals surface area contributed by atoms with Crippen molar-refractivity contribution in [3.05, 3.63) is 88.7 Å². The summed E-state index contributed by atoms with van der Waals surface area (Å²) in [4.78, 5) is 24.6. The van der Waals surface area contributed by atoms with Crippen molar-refractivity contribution in [3.8, 4) is 5.75 Å². The predicted molar refractivity (Wildman–Crippen MR) is 116 cm³/mol. The van der Waals surface area contributed by atoms with E-state index in [1.807, 2.05) is 6.92 Å². The van der Waals surface area contributed by atoms with Crippen molar-refractivity contribution in [1.29, 1.82) is 0 Å². The van der Waals surface area contributed by atoms with Crippen LogP contribution in [0.3, 0.4) is 0 Å². The minimum absolute atomic E-state index is 0.142. The van der Waals surface area contributed by atoms with Gasteiger partial charge in [0.2, 0.25) is 5.91 Å². The molecule has 0 fully saturated rings. The number of rotatable bonds is 7. The lowest BCUT2D eigenvalue weighted by molar-refractivity contribution is -0.115. The lowest BCUT2D eigenvalue weighted by Gasteiger charge is -2.09. The number of carbonyl (C=O) groups is 2. The summed E-state index contributed by atoms with van der Waals surface area (Å²) in [6, 6.07) is 17.7. The third-order valence-electron chi connectivity index (χ3n) is 4.25. The number of anilines is 2. The zero-order valence-corrected chi connectivity index (χ0v) is 17.0. The summed E-state index contributed by atoms with van der Waals surface area (Å²) in [5.41, 5.74) is 1.70. The van der Waals surface area contributed by atoms with Gasteiger partial charge in [0.25, 0.3) is 5.91 Å². The Bertz CT molecular complexity index is 1020. The maximum atomic E-state index is 13.8. The average molecular weight is 427 g/mol. The van der Waals surface area contributed by atoms with Crippen LogP contribution < -0.4 is 15.4 Å². The number of halogens is 2. The van der Waals surface area contributed by atoms with Gasteiger partial charge < -0.3 is 15.4 Å². The van der Waals surface area contributed by atoms with Crippen LogP contribution in [0.4, 0.5) is 15.8 Å². The fourth-order valence-corrected chi connectivity index (χ4v) is 3.01. The van der Waals surface area contributed by atoms with Gasteiger partial charge >= 0.3 is 0 Å². The first-order valence-corrected chi connectivity index (χ1v) is 9.71. The molecule has 5 nitrogen and oxygen atoms in total. The van der Waals surface area contributed by atoms with E-state index in [4.69, 9.17) is 16.3 Å². The van der Waals surface area contributed by atoms with Crippen molar-refractivity contribution in [3.63, 3.8) is 0 Å². The summed E-state index contributed by atoms with van der Waals surface area (Å²) in [5, 5.41) is 5.66. The molecule has 7 heteroatoms. The van der Waals surface area contributed by atoms with E-state index < -0.39 is 11.7 Å². The van der Waals surface area contributed by atoms with Crippen LogP contribution in [0, 0.1) is 5.82 Å². The van der Waals surface area contributed by atoms with E-state index in [-0.39, 0.29) is 22.9 Å². The van der Waals surface area contributed by atoms with E-state index in [9.17, 15) is 14.0 Å². The Morgan fingerprint density at radius 2 is 1.57 bits per heavy atom. The number of hydrogen-bond acceptors (Lipinski definition) is 3. The SMILES string of the molecule is CCOc1ccc(NC(=O)c2ccc(NC(=O)Cc3c(F)cccc3Cl)cc2)cc1. The molecule has 0 heterocycles. The van der Waals surface area contributed by atoms with Gasteiger partial charge in [-0.2, -0.15) is 0 Å². The van der Waals surface area contributed by atoms with Crippen LogP contribution in [-0.2, 0) is 11.2 Å². The molecule has 0 radical (unpaired) electrons. The monoisotopic (exact) mass is 426 g/mol. The molecule has 154 valence electrons. The van der Waals surface area contributed by atoms with Crippen LogP contribution in [-0.4, -0.2) is 18.4 Å². The van der Waals surface area contributed by atoms with Crippen LogP contribution in [0.25, 0.3) is 0 Å². The number of carbonyl (C=O) groups excluding carboxylic acids is 2. The molecular formula is C23H20ClFN2O3. The van der Waals surface area contributed by atoms with Crippen molar-refractivity contribution in [2.24, 2.45) is 0 Å². The first-order chi connectivity index (χ1) is 14.5. The Kier molecular flexibility index (Phi) is 7.03. The maximum absolute atomic E-state index is 13.8. The Hall–Kier alpha value is -3.38. The first kappa shape index (κ1) is 21.3. The lowest BCUT2D eigenvalue weighted by atomic mass is 10.1. The molecule has 0 spiro atoms. The van der Waals surface area contributed by atoms with E-state index in [0.29, 0.717) is 23.5 Å². The number of amides is 2. The molecule has 3 rings (SSSR count). The molecule has 30 heavy (non-hydrogen) atoms. The molecule has 2 amide bonds. The number of hydrogen-bond donors (Lipinski definition) is 2. The number of benzene rings is 3. The second-order valence-electron chi connectivity index (χ2n) is 6.41. The van der Waals surface area contributed by atoms with Gasteiger partial charge in [0.15, 0.2) is 0 Å². The Morgan fingerprint density at radius 1 is 0.933 bits per heavy atom. The topological polar surface area (TPSA) is 67.4 Å². The largest absolute Gasteiger partial charge is 0.494 e. The quantitative estimate of drug-likeness (QED) is 0.538. The third-order valence-corrected chi connectivity index (χ3v) is 4.61. The van der Waals surface area contributed by atoms with Crippen LogP contribution in [0.2, 0.25) is 5.02 Å². The maximum Gasteiger partial charge on any atom is 0.255 e. The summed E-state index contributed by atoms with van der Waals surface area (Å²) in [6.07, 6.45) is -0.189. The van der Waals surface area contributed by atoms with Crippen LogP contribution in [0.5, 0.6) is 5.75 Å². The molecule has 3 aromatic carbocycles. The molecule has 0 aliphatic heterocycles. The lowest BCUT2D eigenvalue weighted by Crippen LogP contribution is -2.16. The highest BCUT2D eigenvalue weighted by atomic mass is 35.5. The van der Waals surface area contributed by atoms with Crippen molar-refractivity contribution in [1.82, 2.24) is 0 Å². The van der Waals surface area contributed by atoms with Gasteiger partial charge in [0, 0.05) is 27.5 Å². The summed E-state index contributed by atoms with van der Waals surface area (Å²) in [6.45, 7) is 2.47. The molecular weight excluding hydrogens is 407 g/mol. The molecule has 0 unspecified atom stereocenters. The molecule has 0 saturated carbocycles. The van der Waals surface area contributed by atoms with Gasteiger partial charge in [-0.3, -0.25) is 9.59 Å². The van der Waals surface area contributed by atoms with E-state index in [2.05, 4.69) is 10.6 Å². The summed E-state index contributed by atoms with van der Waals surface area (Å²) < 4.78 is 19.2. The van der Waals surface area contributed by atoms with Crippen molar-refractivity contribution < 1.29 is 18.7 Å². The van der Waals surface area contributed by atoms with E-state index >= 15 is 0 Å². The standard InChI is InChI=1S/C23H20ClFN2O3/c1-2-30-18-12-10-17(11-13-18)27-23(29)15-6-8-16(9-7-15)26-22(28)14-19-20(24)4-3-5-21(19)25/h3-13H,2,14H2,1H3,(H,26,28)(H,27,29). The van der Waals surface area contributed by atoms with Crippen LogP contribution >= 0.6 is 11.6 Å². The highest BCUT2D eigenvalue weighted by Crippen LogP contribution is 2.21. The molecule has 2 N–H and O–H groups in total. The molecule has 0 aliphatic rings. The number of nitrogens with one attached hydrogen (secondary N) is 2. The van der Waals surface area contributed by atoms with Gasteiger partial charge in [-0.25, -0.2) is 4.39 Å². The average Bonchev–Trinajstić information content (AvgIpc) is 2.73. The van der Waals surface area contributed by atoms with Gasteiger partial charge in [-0.05, 0) is 67.6 Å². The third kappa shape index (κ3) is 5.58. The molecule has 0 aliphatic carbocycles. The van der Waals surface area contributed by atoms with Crippen molar-refractivity contribution >= 4 is 34.8 Å². The predicted octanol–water partition coefficient (Wildman–Crippen LogP) is 5.31. The molecule has 0 bridgehead atoms. The fraction of sp³-hybridized carbons (Fsp3) is 0.130. The van der Waals surface area contributed by atoms with E-state index in [0.717, 1.165) is 5.75 Å². The smallest absolute Gasteiger partial charge is 0.255 e. The van der Waals surface area contributed by atoms with Crippen molar-refractivity contribution in [2.45, 2.75) is 13.3 Å². The van der Waals surface area contributed by atoms with Crippen LogP contribution in [0.15, 0.2) is 66.7 Å². The zero-order chi connectivity index (χ0) is 21.5. The van der Waals surface area contributed by atoms with Gasteiger partial charge in [0.1, 0.15) is 11.6 Å². The highest BCUT2D eigenvalue weighted by molar-refractivity contribution is 6.31. The molecule has 0 saturated heterocycles. The van der Waals surface area contributed by atoms with E-state index in [1.54, 1.807) is 48.5 Å². The molecule has 0 atom stereocenters. The Morgan fingerprint density at radius 3 is 2.20 bits per heavy atom. The number of ether oxygens (including phenoxy) is 1. The Labute approximate surface area is 178 Å². The van der Waals surface area contributed by atoms with Gasteiger partial charge in [-0.1, -0.05) is 17.7 Å². The minimum atomic E-state index is -0.529. The second-order valence-corrected chi connectivity index (χ2v) is 6.82. The molecule has 3 aromatic rings. The first-order valence-electron chi connectivity index (χ1n) is 9.33. The van der Waals surface area contributed by atoms with E-state index in [1.165, 1.54) is 18.2 Å². The summed E-state index contributed by atoms with van der Waals surface area (Å²) in [5.74, 6) is -0.491. The zero-order valence-electron chi connectivity index (χ0n) is 16.2. The summed E-state index contributed by atoms with van der Waals surface area (Å²) in [7, 11) is 0. The second kappa shape index (κ2) is 9.89.